The van der Waals surface area contributed by atoms with Crippen LogP contribution in [-0.2, 0) is 9.59 Å². The van der Waals surface area contributed by atoms with E-state index >= 15 is 0 Å². The molecule has 9 atom stereocenters. The summed E-state index contributed by atoms with van der Waals surface area (Å²) in [5.74, 6) is -2.35. The number of hydrogen-bond acceptors (Lipinski definition) is 12. The van der Waals surface area contributed by atoms with Crippen molar-refractivity contribution in [3.05, 3.63) is 0 Å². The molecule has 0 saturated heterocycles. The maximum atomic E-state index is 11.8. The first-order valence-electron chi connectivity index (χ1n) is 8.63. The van der Waals surface area contributed by atoms with Gasteiger partial charge in [-0.2, -0.15) is 0 Å². The zero-order chi connectivity index (χ0) is 22.9. The van der Waals surface area contributed by atoms with E-state index in [1.54, 1.807) is 0 Å². The molecule has 172 valence electrons. The van der Waals surface area contributed by atoms with Gasteiger partial charge in [0.05, 0.1) is 13.2 Å². The van der Waals surface area contributed by atoms with Gasteiger partial charge in [-0.25, -0.2) is 0 Å². The van der Waals surface area contributed by atoms with Gasteiger partial charge in [0, 0.05) is 12.6 Å². The predicted molar refractivity (Wildman–Crippen MR) is 92.8 cm³/mol. The largest absolute Gasteiger partial charge is 0.394 e. The van der Waals surface area contributed by atoms with Gasteiger partial charge in [0.2, 0.25) is 0 Å². The fourth-order valence-corrected chi connectivity index (χ4v) is 2.09. The molecule has 0 rings (SSSR count). The first kappa shape index (κ1) is 27.5. The third-order valence-electron chi connectivity index (χ3n) is 4.02. The van der Waals surface area contributed by atoms with Crippen molar-refractivity contribution >= 4 is 11.8 Å². The quantitative estimate of drug-likeness (QED) is 0.130. The third-order valence-corrected chi connectivity index (χ3v) is 4.02. The maximum absolute atomic E-state index is 11.8. The molecule has 1 unspecified atom stereocenters. The minimum atomic E-state index is -2.17. The van der Waals surface area contributed by atoms with Gasteiger partial charge in [0.1, 0.15) is 36.6 Å². The maximum Gasteiger partial charge on any atom is 0.251 e. The molecular weight excluding hydrogens is 400 g/mol. The van der Waals surface area contributed by atoms with E-state index in [1.165, 1.54) is 6.92 Å². The van der Waals surface area contributed by atoms with Crippen LogP contribution in [0.25, 0.3) is 0 Å². The average Bonchev–Trinajstić information content (AvgIpc) is 2.72. The Kier molecular flexibility index (Phi) is 12.3. The average molecular weight is 430 g/mol. The van der Waals surface area contributed by atoms with E-state index in [4.69, 9.17) is 10.2 Å². The van der Waals surface area contributed by atoms with Crippen molar-refractivity contribution in [2.75, 3.05) is 19.8 Å². The molecule has 0 aromatic heterocycles. The fraction of sp³-hybridized carbons (Fsp3) is 0.867. The van der Waals surface area contributed by atoms with Crippen LogP contribution < -0.4 is 10.6 Å². The van der Waals surface area contributed by atoms with E-state index in [0.29, 0.717) is 0 Å². The van der Waals surface area contributed by atoms with Crippen LogP contribution in [0, 0.1) is 0 Å². The molecule has 14 nitrogen and oxygen atoms in total. The van der Waals surface area contributed by atoms with Gasteiger partial charge in [-0.3, -0.25) is 9.59 Å². The smallest absolute Gasteiger partial charge is 0.251 e. The lowest BCUT2D eigenvalue weighted by Gasteiger charge is -2.27. The number of carbonyl (C=O) groups excluding carboxylic acids is 2. The molecule has 0 aromatic carbocycles. The van der Waals surface area contributed by atoms with Crippen molar-refractivity contribution in [3.63, 3.8) is 0 Å². The Labute approximate surface area is 165 Å². The van der Waals surface area contributed by atoms with E-state index in [-0.39, 0.29) is 6.54 Å². The molecular formula is C15H30N2O12. The number of amides is 2. The molecule has 0 spiro atoms. The normalized spacial score (nSPS) is 21.1. The predicted octanol–water partition coefficient (Wildman–Crippen LogP) is -7.52. The molecule has 12 N–H and O–H groups in total. The van der Waals surface area contributed by atoms with Gasteiger partial charge in [0.25, 0.3) is 11.8 Å². The highest BCUT2D eigenvalue weighted by molar-refractivity contribution is 5.82. The Morgan fingerprint density at radius 2 is 1.07 bits per heavy atom. The Morgan fingerprint density at radius 3 is 1.45 bits per heavy atom. The summed E-state index contributed by atoms with van der Waals surface area (Å²) >= 11 is 0. The minimum absolute atomic E-state index is 0.336. The molecule has 0 aliphatic carbocycles. The summed E-state index contributed by atoms with van der Waals surface area (Å²) in [7, 11) is 0. The van der Waals surface area contributed by atoms with E-state index in [9.17, 15) is 50.4 Å². The number of carbonyl (C=O) groups is 2. The van der Waals surface area contributed by atoms with Crippen LogP contribution in [0.3, 0.4) is 0 Å². The summed E-state index contributed by atoms with van der Waals surface area (Å²) in [6.07, 6.45) is -16.2. The summed E-state index contributed by atoms with van der Waals surface area (Å²) in [4.78, 5) is 23.6. The van der Waals surface area contributed by atoms with Crippen molar-refractivity contribution in [1.82, 2.24) is 10.6 Å². The van der Waals surface area contributed by atoms with Crippen LogP contribution in [0.1, 0.15) is 6.92 Å². The van der Waals surface area contributed by atoms with Crippen LogP contribution >= 0.6 is 0 Å². The van der Waals surface area contributed by atoms with Crippen molar-refractivity contribution < 1.29 is 60.7 Å². The molecule has 0 aromatic rings. The molecule has 0 saturated carbocycles. The number of aliphatic hydroxyl groups is 10. The van der Waals surface area contributed by atoms with Crippen LogP contribution in [0.2, 0.25) is 0 Å². The molecule has 0 aliphatic heterocycles. The molecule has 0 bridgehead atoms. The van der Waals surface area contributed by atoms with Crippen molar-refractivity contribution in [1.29, 1.82) is 0 Å². The lowest BCUT2D eigenvalue weighted by Crippen LogP contribution is -2.55. The van der Waals surface area contributed by atoms with E-state index in [0.717, 1.165) is 0 Å². The second-order valence-electron chi connectivity index (χ2n) is 6.51. The molecule has 29 heavy (non-hydrogen) atoms. The van der Waals surface area contributed by atoms with Gasteiger partial charge in [0.15, 0.2) is 12.2 Å². The zero-order valence-electron chi connectivity index (χ0n) is 15.6. The summed E-state index contributed by atoms with van der Waals surface area (Å²) < 4.78 is 0. The monoisotopic (exact) mass is 430 g/mol. The minimum Gasteiger partial charge on any atom is -0.394 e. The topological polar surface area (TPSA) is 260 Å². The summed E-state index contributed by atoms with van der Waals surface area (Å²) in [6.45, 7) is -0.831. The standard InChI is InChI=1S/C15H30N2O12/c1-5(17-15(29)13(27)11(25)9(23)7(21)4-19)2-16-14(28)12(26)10(24)8(22)6(20)3-18/h5-13,18-27H,2-4H2,1H3,(H,16,28)(H,17,29)/t5?,6-,7-,8+,9+,10+,11+,12-,13-/m1/s1. The molecule has 0 radical (unpaired) electrons. The fourth-order valence-electron chi connectivity index (χ4n) is 2.09. The first-order chi connectivity index (χ1) is 13.4. The summed E-state index contributed by atoms with van der Waals surface area (Å²) in [5, 5.41) is 97.5. The lowest BCUT2D eigenvalue weighted by molar-refractivity contribution is -0.150. The van der Waals surface area contributed by atoms with Crippen LogP contribution in [-0.4, -0.2) is 138 Å². The Bertz CT molecular complexity index is 510. The van der Waals surface area contributed by atoms with E-state index in [2.05, 4.69) is 10.6 Å². The molecule has 0 heterocycles. The summed E-state index contributed by atoms with van der Waals surface area (Å²) in [5.41, 5.74) is 0. The molecule has 14 heteroatoms. The lowest BCUT2D eigenvalue weighted by atomic mass is 10.0. The van der Waals surface area contributed by atoms with E-state index < -0.39 is 79.9 Å². The van der Waals surface area contributed by atoms with Crippen molar-refractivity contribution in [2.45, 2.75) is 61.8 Å². The SMILES string of the molecule is CC(CNC(=O)[C@H](O)[C@@H](O)[C@@H](O)[C@H](O)CO)NC(=O)[C@H](O)[C@@H](O)[C@@H](O)[C@H](O)CO. The van der Waals surface area contributed by atoms with Gasteiger partial charge in [-0.15, -0.1) is 0 Å². The number of hydrogen-bond donors (Lipinski definition) is 12. The molecule has 0 fully saturated rings. The highest BCUT2D eigenvalue weighted by atomic mass is 16.4. The van der Waals surface area contributed by atoms with Gasteiger partial charge >= 0.3 is 0 Å². The summed E-state index contributed by atoms with van der Waals surface area (Å²) in [6, 6.07) is -0.884. The zero-order valence-corrected chi connectivity index (χ0v) is 15.6. The molecule has 0 aliphatic rings. The van der Waals surface area contributed by atoms with Gasteiger partial charge in [-0.05, 0) is 6.92 Å². The van der Waals surface area contributed by atoms with E-state index in [1.807, 2.05) is 0 Å². The van der Waals surface area contributed by atoms with Crippen LogP contribution in [0.4, 0.5) is 0 Å². The highest BCUT2D eigenvalue weighted by Gasteiger charge is 2.36. The second kappa shape index (κ2) is 13.0. The van der Waals surface area contributed by atoms with Gasteiger partial charge in [-0.1, -0.05) is 0 Å². The second-order valence-corrected chi connectivity index (χ2v) is 6.51. The number of aliphatic hydroxyl groups excluding tert-OH is 10. The Balaban J connectivity index is 4.58. The Hall–Kier alpha value is -1.46. The molecule has 2 amide bonds. The Morgan fingerprint density at radius 1 is 0.690 bits per heavy atom. The van der Waals surface area contributed by atoms with Crippen molar-refractivity contribution in [3.8, 4) is 0 Å². The van der Waals surface area contributed by atoms with Crippen LogP contribution in [0.5, 0.6) is 0 Å². The number of nitrogens with one attached hydrogen (secondary N) is 2. The van der Waals surface area contributed by atoms with Crippen LogP contribution in [0.15, 0.2) is 0 Å². The van der Waals surface area contributed by atoms with Crippen molar-refractivity contribution in [2.24, 2.45) is 0 Å². The third kappa shape index (κ3) is 8.43. The highest BCUT2D eigenvalue weighted by Crippen LogP contribution is 2.07. The van der Waals surface area contributed by atoms with Gasteiger partial charge < -0.3 is 61.7 Å². The number of rotatable bonds is 13. The first-order valence-corrected chi connectivity index (χ1v) is 8.63.